The second-order valence-corrected chi connectivity index (χ2v) is 5.61. The molecule has 0 aliphatic rings. The molecule has 2 rings (SSSR count). The SMILES string of the molecule is CCOC(=O)C(C)Cc1ccc(C(C)c2cccnc2)cc1. The number of benzene rings is 1. The Kier molecular flexibility index (Phi) is 5.70. The topological polar surface area (TPSA) is 39.2 Å². The van der Waals surface area contributed by atoms with Gasteiger partial charge in [-0.05, 0) is 36.1 Å². The zero-order chi connectivity index (χ0) is 15.9. The molecule has 3 heteroatoms. The van der Waals surface area contributed by atoms with Gasteiger partial charge in [0.15, 0.2) is 0 Å². The molecule has 116 valence electrons. The van der Waals surface area contributed by atoms with Gasteiger partial charge in [0.1, 0.15) is 0 Å². The van der Waals surface area contributed by atoms with Crippen molar-refractivity contribution in [1.29, 1.82) is 0 Å². The monoisotopic (exact) mass is 297 g/mol. The molecule has 0 fully saturated rings. The first-order valence-corrected chi connectivity index (χ1v) is 7.77. The minimum Gasteiger partial charge on any atom is -0.466 e. The van der Waals surface area contributed by atoms with Gasteiger partial charge in [-0.2, -0.15) is 0 Å². The lowest BCUT2D eigenvalue weighted by molar-refractivity contribution is -0.147. The number of carbonyl (C=O) groups is 1. The lowest BCUT2D eigenvalue weighted by Crippen LogP contribution is -2.16. The first-order chi connectivity index (χ1) is 10.6. The van der Waals surface area contributed by atoms with Crippen LogP contribution in [-0.4, -0.2) is 17.6 Å². The summed E-state index contributed by atoms with van der Waals surface area (Å²) in [5.41, 5.74) is 3.61. The van der Waals surface area contributed by atoms with Gasteiger partial charge in [0, 0.05) is 18.3 Å². The number of hydrogen-bond donors (Lipinski definition) is 0. The van der Waals surface area contributed by atoms with E-state index in [1.54, 1.807) is 6.20 Å². The Morgan fingerprint density at radius 3 is 2.45 bits per heavy atom. The highest BCUT2D eigenvalue weighted by Gasteiger charge is 2.15. The van der Waals surface area contributed by atoms with Crippen LogP contribution in [0, 0.1) is 5.92 Å². The van der Waals surface area contributed by atoms with Crippen molar-refractivity contribution in [3.05, 3.63) is 65.5 Å². The molecule has 1 heterocycles. The van der Waals surface area contributed by atoms with Crippen LogP contribution in [0.3, 0.4) is 0 Å². The van der Waals surface area contributed by atoms with E-state index >= 15 is 0 Å². The van der Waals surface area contributed by atoms with E-state index in [-0.39, 0.29) is 11.9 Å². The summed E-state index contributed by atoms with van der Waals surface area (Å²) in [5, 5.41) is 0. The number of carbonyl (C=O) groups excluding carboxylic acids is 1. The van der Waals surface area contributed by atoms with Crippen LogP contribution in [0.1, 0.15) is 43.4 Å². The summed E-state index contributed by atoms with van der Waals surface area (Å²) in [6.45, 7) is 6.35. The maximum Gasteiger partial charge on any atom is 0.308 e. The van der Waals surface area contributed by atoms with Crippen LogP contribution in [0.15, 0.2) is 48.8 Å². The van der Waals surface area contributed by atoms with Gasteiger partial charge in [0.25, 0.3) is 0 Å². The van der Waals surface area contributed by atoms with E-state index in [0.29, 0.717) is 18.9 Å². The number of nitrogens with zero attached hydrogens (tertiary/aromatic N) is 1. The third kappa shape index (κ3) is 4.17. The normalized spacial score (nSPS) is 13.4. The molecule has 0 aliphatic carbocycles. The first kappa shape index (κ1) is 16.2. The standard InChI is InChI=1S/C19H23NO2/c1-4-22-19(21)14(2)12-16-7-9-17(10-8-16)15(3)18-6-5-11-20-13-18/h5-11,13-15H,4,12H2,1-3H3. The van der Waals surface area contributed by atoms with Crippen LogP contribution in [0.5, 0.6) is 0 Å². The molecule has 0 radical (unpaired) electrons. The number of esters is 1. The summed E-state index contributed by atoms with van der Waals surface area (Å²) in [4.78, 5) is 15.9. The highest BCUT2D eigenvalue weighted by Crippen LogP contribution is 2.24. The molecule has 2 unspecified atom stereocenters. The first-order valence-electron chi connectivity index (χ1n) is 7.77. The molecule has 1 aromatic carbocycles. The molecule has 1 aromatic heterocycles. The lowest BCUT2D eigenvalue weighted by atomic mass is 9.92. The summed E-state index contributed by atoms with van der Waals surface area (Å²) in [6, 6.07) is 12.5. The van der Waals surface area contributed by atoms with E-state index in [1.165, 1.54) is 11.1 Å². The fourth-order valence-corrected chi connectivity index (χ4v) is 2.49. The molecule has 0 aliphatic heterocycles. The van der Waals surface area contributed by atoms with Crippen LogP contribution in [0.2, 0.25) is 0 Å². The van der Waals surface area contributed by atoms with Crippen molar-refractivity contribution in [3.63, 3.8) is 0 Å². The molecule has 22 heavy (non-hydrogen) atoms. The van der Waals surface area contributed by atoms with Crippen LogP contribution in [0.4, 0.5) is 0 Å². The Morgan fingerprint density at radius 1 is 1.14 bits per heavy atom. The zero-order valence-corrected chi connectivity index (χ0v) is 13.5. The van der Waals surface area contributed by atoms with E-state index in [0.717, 1.165) is 5.56 Å². The summed E-state index contributed by atoms with van der Waals surface area (Å²) in [5.74, 6) is 0.0714. The number of hydrogen-bond acceptors (Lipinski definition) is 3. The smallest absolute Gasteiger partial charge is 0.308 e. The van der Waals surface area contributed by atoms with Crippen molar-refractivity contribution >= 4 is 5.97 Å². The van der Waals surface area contributed by atoms with Crippen molar-refractivity contribution in [2.75, 3.05) is 6.61 Å². The Hall–Kier alpha value is -2.16. The van der Waals surface area contributed by atoms with Gasteiger partial charge >= 0.3 is 5.97 Å². The number of pyridine rings is 1. The van der Waals surface area contributed by atoms with E-state index in [1.807, 2.05) is 26.1 Å². The molecular weight excluding hydrogens is 274 g/mol. The number of rotatable bonds is 6. The van der Waals surface area contributed by atoms with Crippen molar-refractivity contribution in [3.8, 4) is 0 Å². The van der Waals surface area contributed by atoms with Gasteiger partial charge in [0.2, 0.25) is 0 Å². The highest BCUT2D eigenvalue weighted by atomic mass is 16.5. The molecule has 2 atom stereocenters. The van der Waals surface area contributed by atoms with Crippen LogP contribution in [-0.2, 0) is 16.0 Å². The average molecular weight is 297 g/mol. The molecule has 0 saturated carbocycles. The molecule has 2 aromatic rings. The third-order valence-electron chi connectivity index (χ3n) is 3.89. The highest BCUT2D eigenvalue weighted by molar-refractivity contribution is 5.72. The van der Waals surface area contributed by atoms with E-state index in [4.69, 9.17) is 4.74 Å². The van der Waals surface area contributed by atoms with Gasteiger partial charge in [-0.1, -0.05) is 44.2 Å². The number of ether oxygens (including phenoxy) is 1. The van der Waals surface area contributed by atoms with Crippen LogP contribution >= 0.6 is 0 Å². The summed E-state index contributed by atoms with van der Waals surface area (Å²) >= 11 is 0. The quantitative estimate of drug-likeness (QED) is 0.757. The van der Waals surface area contributed by atoms with Gasteiger partial charge < -0.3 is 4.74 Å². The van der Waals surface area contributed by atoms with E-state index < -0.39 is 0 Å². The molecule has 0 spiro atoms. The van der Waals surface area contributed by atoms with Gasteiger partial charge in [0.05, 0.1) is 12.5 Å². The molecule has 0 N–H and O–H groups in total. The van der Waals surface area contributed by atoms with Crippen molar-refractivity contribution < 1.29 is 9.53 Å². The van der Waals surface area contributed by atoms with Gasteiger partial charge in [-0.3, -0.25) is 9.78 Å². The minimum atomic E-state index is -0.129. The zero-order valence-electron chi connectivity index (χ0n) is 13.5. The fraction of sp³-hybridized carbons (Fsp3) is 0.368. The van der Waals surface area contributed by atoms with Crippen molar-refractivity contribution in [1.82, 2.24) is 4.98 Å². The predicted molar refractivity (Wildman–Crippen MR) is 87.7 cm³/mol. The van der Waals surface area contributed by atoms with Gasteiger partial charge in [-0.25, -0.2) is 0 Å². The van der Waals surface area contributed by atoms with Crippen molar-refractivity contribution in [2.45, 2.75) is 33.1 Å². The second kappa shape index (κ2) is 7.74. The van der Waals surface area contributed by atoms with E-state index in [9.17, 15) is 4.79 Å². The Bertz CT molecular complexity index is 593. The van der Waals surface area contributed by atoms with E-state index in [2.05, 4.69) is 42.2 Å². The second-order valence-electron chi connectivity index (χ2n) is 5.61. The lowest BCUT2D eigenvalue weighted by Gasteiger charge is -2.14. The Morgan fingerprint density at radius 2 is 1.86 bits per heavy atom. The van der Waals surface area contributed by atoms with Crippen LogP contribution in [0.25, 0.3) is 0 Å². The minimum absolute atomic E-state index is 0.110. The molecule has 0 saturated heterocycles. The largest absolute Gasteiger partial charge is 0.466 e. The summed E-state index contributed by atoms with van der Waals surface area (Å²) in [6.07, 6.45) is 4.40. The third-order valence-corrected chi connectivity index (χ3v) is 3.89. The molecule has 3 nitrogen and oxygen atoms in total. The van der Waals surface area contributed by atoms with Crippen LogP contribution < -0.4 is 0 Å². The van der Waals surface area contributed by atoms with Crippen molar-refractivity contribution in [2.24, 2.45) is 5.92 Å². The molecule has 0 amide bonds. The maximum absolute atomic E-state index is 11.7. The molecule has 0 bridgehead atoms. The molecular formula is C19H23NO2. The predicted octanol–water partition coefficient (Wildman–Crippen LogP) is 3.98. The summed E-state index contributed by atoms with van der Waals surface area (Å²) in [7, 11) is 0. The van der Waals surface area contributed by atoms with Gasteiger partial charge in [-0.15, -0.1) is 0 Å². The fourth-order valence-electron chi connectivity index (χ4n) is 2.49. The average Bonchev–Trinajstić information content (AvgIpc) is 2.56. The number of aromatic nitrogens is 1. The Labute approximate surface area is 132 Å². The Balaban J connectivity index is 2.03. The maximum atomic E-state index is 11.7. The summed E-state index contributed by atoms with van der Waals surface area (Å²) < 4.78 is 5.05.